The fourth-order valence-corrected chi connectivity index (χ4v) is 3.08. The molecular formula is C16H16BrNO3. The van der Waals surface area contributed by atoms with Crippen LogP contribution in [-0.4, -0.2) is 24.5 Å². The number of hydrogen-bond acceptors (Lipinski definition) is 3. The Morgan fingerprint density at radius 2 is 2.24 bits per heavy atom. The molecule has 1 aliphatic rings. The van der Waals surface area contributed by atoms with Crippen LogP contribution in [0, 0.1) is 0 Å². The first-order valence-electron chi connectivity index (χ1n) is 6.89. The molecule has 1 aromatic heterocycles. The fraction of sp³-hybridized carbons (Fsp3) is 0.312. The standard InChI is InChI=1S/C16H16BrNO3/c1-20-12-5-2-4-11(10-12)13-6-3-9-18(13)16(19)14-7-8-15(17)21-14/h2,4-5,7-8,10,13H,3,6,9H2,1H3/t13-/m1/s1. The Hall–Kier alpha value is -1.75. The minimum atomic E-state index is -0.0639. The number of methoxy groups -OCH3 is 1. The summed E-state index contributed by atoms with van der Waals surface area (Å²) in [5.74, 6) is 1.12. The van der Waals surface area contributed by atoms with Gasteiger partial charge in [-0.25, -0.2) is 0 Å². The van der Waals surface area contributed by atoms with E-state index in [1.807, 2.05) is 29.2 Å². The predicted octanol–water partition coefficient (Wildman–Crippen LogP) is 4.03. The molecule has 1 fully saturated rings. The summed E-state index contributed by atoms with van der Waals surface area (Å²) in [4.78, 5) is 14.5. The molecule has 0 saturated carbocycles. The van der Waals surface area contributed by atoms with Crippen molar-refractivity contribution in [3.8, 4) is 5.75 Å². The summed E-state index contributed by atoms with van der Waals surface area (Å²) in [6.45, 7) is 0.749. The molecule has 0 unspecified atom stereocenters. The maximum absolute atomic E-state index is 12.6. The highest BCUT2D eigenvalue weighted by Gasteiger charge is 2.32. The average molecular weight is 350 g/mol. The third-order valence-corrected chi connectivity index (χ3v) is 4.20. The van der Waals surface area contributed by atoms with E-state index in [9.17, 15) is 4.79 Å². The van der Waals surface area contributed by atoms with Crippen LogP contribution < -0.4 is 4.74 Å². The highest BCUT2D eigenvalue weighted by molar-refractivity contribution is 9.10. The lowest BCUT2D eigenvalue weighted by atomic mass is 10.0. The Kier molecular flexibility index (Phi) is 4.01. The van der Waals surface area contributed by atoms with Gasteiger partial charge in [0.15, 0.2) is 10.4 Å². The SMILES string of the molecule is COc1cccc([C@H]2CCCN2C(=O)c2ccc(Br)o2)c1. The Bertz CT molecular complexity index is 652. The summed E-state index contributed by atoms with van der Waals surface area (Å²) in [7, 11) is 1.65. The van der Waals surface area contributed by atoms with Crippen LogP contribution in [0.1, 0.15) is 35.0 Å². The number of ether oxygens (including phenoxy) is 1. The van der Waals surface area contributed by atoms with Crippen molar-refractivity contribution >= 4 is 21.8 Å². The van der Waals surface area contributed by atoms with Gasteiger partial charge < -0.3 is 14.1 Å². The molecule has 3 rings (SSSR count). The molecule has 2 heterocycles. The second-order valence-electron chi connectivity index (χ2n) is 5.04. The molecule has 0 bridgehead atoms. The van der Waals surface area contributed by atoms with Gasteiger partial charge in [0.05, 0.1) is 13.2 Å². The number of carbonyl (C=O) groups is 1. The number of benzene rings is 1. The Morgan fingerprint density at radius 1 is 1.38 bits per heavy atom. The molecular weight excluding hydrogens is 334 g/mol. The molecule has 1 aromatic carbocycles. The summed E-state index contributed by atoms with van der Waals surface area (Å²) in [5, 5.41) is 0. The first-order chi connectivity index (χ1) is 10.2. The monoisotopic (exact) mass is 349 g/mol. The number of amides is 1. The van der Waals surface area contributed by atoms with Crippen molar-refractivity contribution in [3.05, 3.63) is 52.4 Å². The first kappa shape index (κ1) is 14.2. The molecule has 1 saturated heterocycles. The summed E-state index contributed by atoms with van der Waals surface area (Å²) in [6, 6.07) is 11.4. The van der Waals surface area contributed by atoms with E-state index in [1.165, 1.54) is 0 Å². The molecule has 5 heteroatoms. The van der Waals surface area contributed by atoms with Crippen molar-refractivity contribution in [3.63, 3.8) is 0 Å². The number of hydrogen-bond donors (Lipinski definition) is 0. The van der Waals surface area contributed by atoms with Gasteiger partial charge in [-0.05, 0) is 58.6 Å². The van der Waals surface area contributed by atoms with Crippen LogP contribution in [0.15, 0.2) is 45.5 Å². The molecule has 1 amide bonds. The number of carbonyl (C=O) groups excluding carboxylic acids is 1. The lowest BCUT2D eigenvalue weighted by Gasteiger charge is -2.24. The maximum atomic E-state index is 12.6. The summed E-state index contributed by atoms with van der Waals surface area (Å²) in [5.41, 5.74) is 1.10. The van der Waals surface area contributed by atoms with Gasteiger partial charge >= 0.3 is 0 Å². The largest absolute Gasteiger partial charge is 0.497 e. The van der Waals surface area contributed by atoms with E-state index in [2.05, 4.69) is 15.9 Å². The van der Waals surface area contributed by atoms with Crippen LogP contribution >= 0.6 is 15.9 Å². The molecule has 0 N–H and O–H groups in total. The van der Waals surface area contributed by atoms with Crippen molar-refractivity contribution in [2.45, 2.75) is 18.9 Å². The molecule has 0 spiro atoms. The normalized spacial score (nSPS) is 18.0. The third kappa shape index (κ3) is 2.83. The highest BCUT2D eigenvalue weighted by Crippen LogP contribution is 2.34. The van der Waals surface area contributed by atoms with Crippen LogP contribution in [-0.2, 0) is 0 Å². The van der Waals surface area contributed by atoms with Crippen molar-refractivity contribution in [2.24, 2.45) is 0 Å². The van der Waals surface area contributed by atoms with Crippen molar-refractivity contribution in [1.82, 2.24) is 4.90 Å². The minimum Gasteiger partial charge on any atom is -0.497 e. The van der Waals surface area contributed by atoms with Gasteiger partial charge in [-0.3, -0.25) is 4.79 Å². The van der Waals surface area contributed by atoms with E-state index in [0.717, 1.165) is 30.7 Å². The van der Waals surface area contributed by atoms with Gasteiger partial charge in [0.25, 0.3) is 5.91 Å². The number of likely N-dealkylation sites (tertiary alicyclic amines) is 1. The van der Waals surface area contributed by atoms with Crippen LogP contribution in [0.2, 0.25) is 0 Å². The molecule has 110 valence electrons. The maximum Gasteiger partial charge on any atom is 0.290 e. The molecule has 1 aliphatic heterocycles. The van der Waals surface area contributed by atoms with E-state index in [4.69, 9.17) is 9.15 Å². The van der Waals surface area contributed by atoms with E-state index >= 15 is 0 Å². The molecule has 21 heavy (non-hydrogen) atoms. The number of rotatable bonds is 3. The Balaban J connectivity index is 1.86. The summed E-state index contributed by atoms with van der Waals surface area (Å²) in [6.07, 6.45) is 1.95. The van der Waals surface area contributed by atoms with Crippen LogP contribution in [0.3, 0.4) is 0 Å². The minimum absolute atomic E-state index is 0.0639. The first-order valence-corrected chi connectivity index (χ1v) is 7.68. The molecule has 1 atom stereocenters. The molecule has 2 aromatic rings. The van der Waals surface area contributed by atoms with Crippen LogP contribution in [0.25, 0.3) is 0 Å². The van der Waals surface area contributed by atoms with Crippen molar-refractivity contribution in [2.75, 3.05) is 13.7 Å². The summed E-state index contributed by atoms with van der Waals surface area (Å²) < 4.78 is 11.2. The zero-order valence-corrected chi connectivity index (χ0v) is 13.3. The topological polar surface area (TPSA) is 42.7 Å². The van der Waals surface area contributed by atoms with E-state index in [1.54, 1.807) is 19.2 Å². The highest BCUT2D eigenvalue weighted by atomic mass is 79.9. The van der Waals surface area contributed by atoms with Gasteiger partial charge in [0, 0.05) is 6.54 Å². The lowest BCUT2D eigenvalue weighted by molar-refractivity contribution is 0.0701. The lowest BCUT2D eigenvalue weighted by Crippen LogP contribution is -2.30. The van der Waals surface area contributed by atoms with E-state index < -0.39 is 0 Å². The van der Waals surface area contributed by atoms with E-state index in [0.29, 0.717) is 10.4 Å². The van der Waals surface area contributed by atoms with Gasteiger partial charge in [0.1, 0.15) is 5.75 Å². The van der Waals surface area contributed by atoms with Gasteiger partial charge in [0.2, 0.25) is 0 Å². The number of furan rings is 1. The zero-order chi connectivity index (χ0) is 14.8. The third-order valence-electron chi connectivity index (χ3n) is 3.78. The van der Waals surface area contributed by atoms with Crippen molar-refractivity contribution in [1.29, 1.82) is 0 Å². The van der Waals surface area contributed by atoms with Gasteiger partial charge in [-0.1, -0.05) is 12.1 Å². The van der Waals surface area contributed by atoms with Crippen molar-refractivity contribution < 1.29 is 13.9 Å². The van der Waals surface area contributed by atoms with E-state index in [-0.39, 0.29) is 11.9 Å². The zero-order valence-electron chi connectivity index (χ0n) is 11.7. The Labute approximate surface area is 131 Å². The number of nitrogens with zero attached hydrogens (tertiary/aromatic N) is 1. The van der Waals surface area contributed by atoms with Gasteiger partial charge in [-0.2, -0.15) is 0 Å². The average Bonchev–Trinajstić information content (AvgIpc) is 3.15. The second kappa shape index (κ2) is 5.93. The molecule has 0 radical (unpaired) electrons. The van der Waals surface area contributed by atoms with Crippen LogP contribution in [0.4, 0.5) is 0 Å². The molecule has 4 nitrogen and oxygen atoms in total. The smallest absolute Gasteiger partial charge is 0.290 e. The molecule has 0 aliphatic carbocycles. The second-order valence-corrected chi connectivity index (χ2v) is 5.82. The van der Waals surface area contributed by atoms with Gasteiger partial charge in [-0.15, -0.1) is 0 Å². The Morgan fingerprint density at radius 3 is 2.95 bits per heavy atom. The number of halogens is 1. The fourth-order valence-electron chi connectivity index (χ4n) is 2.78. The quantitative estimate of drug-likeness (QED) is 0.840. The summed E-state index contributed by atoms with van der Waals surface area (Å²) >= 11 is 3.23. The predicted molar refractivity (Wildman–Crippen MR) is 82.4 cm³/mol. The van der Waals surface area contributed by atoms with Crippen LogP contribution in [0.5, 0.6) is 5.75 Å².